The van der Waals surface area contributed by atoms with E-state index >= 15 is 0 Å². The normalized spacial score (nSPS) is 21.7. The molecule has 2 unspecified atom stereocenters. The van der Waals surface area contributed by atoms with Crippen LogP contribution in [-0.4, -0.2) is 66.4 Å². The molecule has 1 saturated heterocycles. The lowest BCUT2D eigenvalue weighted by Crippen LogP contribution is -2.30. The minimum absolute atomic E-state index is 0.0328. The van der Waals surface area contributed by atoms with Gasteiger partial charge in [0.1, 0.15) is 0 Å². The van der Waals surface area contributed by atoms with Crippen molar-refractivity contribution in [3.8, 4) is 5.88 Å². The van der Waals surface area contributed by atoms with Crippen molar-refractivity contribution in [2.75, 3.05) is 38.7 Å². The van der Waals surface area contributed by atoms with Crippen molar-refractivity contribution in [1.29, 1.82) is 0 Å². The summed E-state index contributed by atoms with van der Waals surface area (Å²) in [6.07, 6.45) is 1.34. The maximum atomic E-state index is 13.4. The number of fused-ring (bicyclic) bond motifs is 3. The quantitative estimate of drug-likeness (QED) is 0.263. The van der Waals surface area contributed by atoms with E-state index in [1.807, 2.05) is 53.4 Å². The van der Waals surface area contributed by atoms with E-state index in [-0.39, 0.29) is 11.8 Å². The van der Waals surface area contributed by atoms with Gasteiger partial charge in [0.2, 0.25) is 5.91 Å². The molecular formula is C33H32N4O4. The molecule has 1 amide bonds. The molecule has 0 bridgehead atoms. The van der Waals surface area contributed by atoms with Gasteiger partial charge in [-0.25, -0.2) is 9.79 Å². The summed E-state index contributed by atoms with van der Waals surface area (Å²) in [5, 5.41) is 11.8. The van der Waals surface area contributed by atoms with Gasteiger partial charge in [-0.2, -0.15) is 0 Å². The van der Waals surface area contributed by atoms with Crippen LogP contribution in [0.5, 0.6) is 5.88 Å². The highest BCUT2D eigenvalue weighted by Gasteiger charge is 2.55. The van der Waals surface area contributed by atoms with Gasteiger partial charge in [0, 0.05) is 53.8 Å². The molecule has 41 heavy (non-hydrogen) atoms. The number of esters is 1. The number of benzene rings is 3. The summed E-state index contributed by atoms with van der Waals surface area (Å²) in [6.45, 7) is 2.86. The number of amides is 1. The van der Waals surface area contributed by atoms with Crippen LogP contribution in [0.2, 0.25) is 0 Å². The number of H-pyrrole nitrogens is 1. The molecule has 2 N–H and O–H groups in total. The Morgan fingerprint density at radius 1 is 1.02 bits per heavy atom. The molecule has 0 spiro atoms. The van der Waals surface area contributed by atoms with E-state index in [2.05, 4.69) is 16.9 Å². The number of nitrogens with one attached hydrogen (secondary N) is 1. The number of likely N-dealkylation sites (tertiary alicyclic amines) is 1. The topological polar surface area (TPSA) is 98.2 Å². The first-order valence-corrected chi connectivity index (χ1v) is 14.1. The van der Waals surface area contributed by atoms with E-state index in [0.29, 0.717) is 53.1 Å². The van der Waals surface area contributed by atoms with Crippen molar-refractivity contribution in [1.82, 2.24) is 9.88 Å². The zero-order chi connectivity index (χ0) is 28.2. The van der Waals surface area contributed by atoms with Gasteiger partial charge in [0.25, 0.3) is 0 Å². The highest BCUT2D eigenvalue weighted by molar-refractivity contribution is 6.22. The van der Waals surface area contributed by atoms with Crippen LogP contribution in [-0.2, 0) is 16.0 Å². The number of carbonyl (C=O) groups is 2. The molecule has 1 aliphatic carbocycles. The highest BCUT2D eigenvalue weighted by atomic mass is 16.5. The van der Waals surface area contributed by atoms with Crippen LogP contribution in [0.15, 0.2) is 71.7 Å². The molecular weight excluding hydrogens is 516 g/mol. The molecule has 2 aliphatic heterocycles. The summed E-state index contributed by atoms with van der Waals surface area (Å²) in [4.78, 5) is 38.0. The zero-order valence-electron chi connectivity index (χ0n) is 23.1. The number of anilines is 1. The van der Waals surface area contributed by atoms with Crippen molar-refractivity contribution in [2.45, 2.75) is 12.8 Å². The second-order valence-corrected chi connectivity index (χ2v) is 11.4. The second kappa shape index (κ2) is 9.89. The lowest BCUT2D eigenvalue weighted by Gasteiger charge is -2.19. The first-order valence-electron chi connectivity index (χ1n) is 14.1. The van der Waals surface area contributed by atoms with E-state index in [9.17, 15) is 14.7 Å². The maximum Gasteiger partial charge on any atom is 0.337 e. The third-order valence-corrected chi connectivity index (χ3v) is 8.98. The number of hydrogen-bond acceptors (Lipinski definition) is 6. The Hall–Kier alpha value is -4.43. The van der Waals surface area contributed by atoms with Crippen LogP contribution in [0.1, 0.15) is 33.5 Å². The number of nitrogens with zero attached hydrogens (tertiary/aromatic N) is 3. The summed E-state index contributed by atoms with van der Waals surface area (Å²) in [5.41, 5.74) is 5.74. The van der Waals surface area contributed by atoms with Gasteiger partial charge in [0.15, 0.2) is 5.88 Å². The van der Waals surface area contributed by atoms with Crippen molar-refractivity contribution in [3.05, 3.63) is 89.0 Å². The SMILES string of the molecule is COC(=O)c1ccc2c(C(=Nc3cccc4c3CCN4C(=O)CC3C4CN(C)CC34)c3ccccc3)c(O)[nH]c2c1. The van der Waals surface area contributed by atoms with Crippen LogP contribution >= 0.6 is 0 Å². The number of hydrogen-bond donors (Lipinski definition) is 2. The van der Waals surface area contributed by atoms with E-state index in [1.54, 1.807) is 18.2 Å². The summed E-state index contributed by atoms with van der Waals surface area (Å²) < 4.78 is 4.87. The molecule has 4 aromatic rings. The molecule has 7 rings (SSSR count). The average molecular weight is 549 g/mol. The number of aromatic amines is 1. The van der Waals surface area contributed by atoms with Gasteiger partial charge in [-0.1, -0.05) is 42.5 Å². The zero-order valence-corrected chi connectivity index (χ0v) is 23.1. The molecule has 3 aromatic carbocycles. The number of aromatic nitrogens is 1. The number of carbonyl (C=O) groups excluding carboxylic acids is 2. The predicted octanol–water partition coefficient (Wildman–Crippen LogP) is 4.92. The van der Waals surface area contributed by atoms with E-state index < -0.39 is 5.97 Å². The summed E-state index contributed by atoms with van der Waals surface area (Å²) >= 11 is 0. The Kier molecular flexibility index (Phi) is 6.16. The summed E-state index contributed by atoms with van der Waals surface area (Å²) in [5.74, 6) is 1.57. The molecule has 3 aliphatic rings. The standard InChI is InChI=1S/C33H32N4O4/c1-36-17-24-23(25(24)18-36)16-29(38)37-14-13-21-26(9-6-10-28(21)37)34-31(19-7-4-3-5-8-19)30-22-12-11-20(33(40)41-2)15-27(22)35-32(30)39/h3-12,15,23-25,35,39H,13-14,16-18H2,1-2H3. The first kappa shape index (κ1) is 25.5. The fourth-order valence-electron chi connectivity index (χ4n) is 6.90. The van der Waals surface area contributed by atoms with Crippen molar-refractivity contribution in [3.63, 3.8) is 0 Å². The number of methoxy groups -OCH3 is 1. The predicted molar refractivity (Wildman–Crippen MR) is 158 cm³/mol. The van der Waals surface area contributed by atoms with Gasteiger partial charge >= 0.3 is 5.97 Å². The van der Waals surface area contributed by atoms with Gasteiger partial charge in [0.05, 0.1) is 29.6 Å². The third-order valence-electron chi connectivity index (χ3n) is 8.98. The molecule has 3 heterocycles. The van der Waals surface area contributed by atoms with Crippen LogP contribution in [0.4, 0.5) is 11.4 Å². The highest BCUT2D eigenvalue weighted by Crippen LogP contribution is 2.53. The number of piperidine rings is 1. The van der Waals surface area contributed by atoms with Gasteiger partial charge in [-0.3, -0.25) is 4.79 Å². The Morgan fingerprint density at radius 2 is 1.80 bits per heavy atom. The fourth-order valence-corrected chi connectivity index (χ4v) is 6.90. The van der Waals surface area contributed by atoms with Crippen molar-refractivity contribution < 1.29 is 19.4 Å². The molecule has 1 saturated carbocycles. The Morgan fingerprint density at radius 3 is 2.56 bits per heavy atom. The Labute approximate surface area is 238 Å². The van der Waals surface area contributed by atoms with Crippen LogP contribution in [0, 0.1) is 17.8 Å². The van der Waals surface area contributed by atoms with Crippen LogP contribution in [0.3, 0.4) is 0 Å². The Bertz CT molecular complexity index is 1700. The van der Waals surface area contributed by atoms with E-state index in [1.165, 1.54) is 7.11 Å². The van der Waals surface area contributed by atoms with Gasteiger partial charge in [-0.15, -0.1) is 0 Å². The number of rotatable bonds is 6. The first-order chi connectivity index (χ1) is 19.9. The van der Waals surface area contributed by atoms with E-state index in [4.69, 9.17) is 9.73 Å². The summed E-state index contributed by atoms with van der Waals surface area (Å²) in [7, 11) is 3.50. The minimum Gasteiger partial charge on any atom is -0.494 e. The average Bonchev–Trinajstić information content (AvgIpc) is 3.35. The fraction of sp³-hybridized carbons (Fsp3) is 0.303. The van der Waals surface area contributed by atoms with Crippen molar-refractivity contribution in [2.24, 2.45) is 22.7 Å². The summed E-state index contributed by atoms with van der Waals surface area (Å²) in [6, 6.07) is 20.8. The molecule has 8 heteroatoms. The molecule has 1 aromatic heterocycles. The molecule has 0 radical (unpaired) electrons. The third kappa shape index (κ3) is 4.39. The monoisotopic (exact) mass is 548 g/mol. The van der Waals surface area contributed by atoms with Crippen LogP contribution < -0.4 is 4.90 Å². The molecule has 2 atom stereocenters. The van der Waals surface area contributed by atoms with Crippen LogP contribution in [0.25, 0.3) is 10.9 Å². The maximum absolute atomic E-state index is 13.4. The van der Waals surface area contributed by atoms with E-state index in [0.717, 1.165) is 47.4 Å². The second-order valence-electron chi connectivity index (χ2n) is 11.4. The minimum atomic E-state index is -0.448. The largest absolute Gasteiger partial charge is 0.494 e. The molecule has 2 fully saturated rings. The molecule has 8 nitrogen and oxygen atoms in total. The number of aliphatic imine (C=N–C) groups is 1. The molecule has 208 valence electrons. The Balaban J connectivity index is 1.26. The number of ether oxygens (including phenoxy) is 1. The van der Waals surface area contributed by atoms with Gasteiger partial charge < -0.3 is 24.6 Å². The van der Waals surface area contributed by atoms with Gasteiger partial charge in [-0.05, 0) is 55.5 Å². The number of aromatic hydroxyl groups is 1. The van der Waals surface area contributed by atoms with Crippen molar-refractivity contribution >= 4 is 39.9 Å². The lowest BCUT2D eigenvalue weighted by atomic mass is 9.99. The smallest absolute Gasteiger partial charge is 0.337 e. The lowest BCUT2D eigenvalue weighted by molar-refractivity contribution is -0.119.